The fourth-order valence-corrected chi connectivity index (χ4v) is 8.56. The second-order valence-electron chi connectivity index (χ2n) is 19.2. The normalized spacial score (nSPS) is 12.5. The zero-order valence-electron chi connectivity index (χ0n) is 42.8. The fraction of sp³-hybridized carbons (Fsp3) is 0.707. The van der Waals surface area contributed by atoms with E-state index in [1.54, 1.807) is 0 Å². The van der Waals surface area contributed by atoms with Crippen molar-refractivity contribution in [2.45, 2.75) is 264 Å². The number of amides is 1. The average Bonchev–Trinajstić information content (AvgIpc) is 3.34. The van der Waals surface area contributed by atoms with E-state index >= 15 is 0 Å². The molecule has 0 aliphatic heterocycles. The Morgan fingerprint density at radius 1 is 0.471 bits per heavy atom. The molecule has 3 atom stereocenters. The van der Waals surface area contributed by atoms with Gasteiger partial charge in [0.15, 0.2) is 5.78 Å². The quantitative estimate of drug-likeness (QED) is 0.0375. The van der Waals surface area contributed by atoms with Crippen molar-refractivity contribution in [1.82, 2.24) is 5.32 Å². The molecule has 0 heterocycles. The maximum Gasteiger partial charge on any atom is 0.328 e. The van der Waals surface area contributed by atoms with E-state index in [4.69, 9.17) is 19.9 Å². The molecule has 1 amide bonds. The van der Waals surface area contributed by atoms with Gasteiger partial charge in [-0.25, -0.2) is 4.79 Å². The first-order valence-electron chi connectivity index (χ1n) is 27.4. The molecule has 0 saturated heterocycles. The zero-order valence-corrected chi connectivity index (χ0v) is 42.8. The maximum atomic E-state index is 13.5. The minimum atomic E-state index is -1.06. The summed E-state index contributed by atoms with van der Waals surface area (Å²) in [6.45, 7) is 4.64. The molecule has 0 spiro atoms. The van der Waals surface area contributed by atoms with E-state index in [0.29, 0.717) is 19.3 Å². The lowest BCUT2D eigenvalue weighted by atomic mass is 9.98. The Hall–Kier alpha value is -4.05. The lowest BCUT2D eigenvalue weighted by Crippen LogP contribution is -2.42. The van der Waals surface area contributed by atoms with Crippen LogP contribution in [0.1, 0.15) is 243 Å². The van der Waals surface area contributed by atoms with Gasteiger partial charge in [-0.3, -0.25) is 19.2 Å². The van der Waals surface area contributed by atoms with Crippen LogP contribution in [0.2, 0.25) is 0 Å². The number of esters is 3. The molecule has 384 valence electrons. The third kappa shape index (κ3) is 33.4. The van der Waals surface area contributed by atoms with Crippen LogP contribution < -0.4 is 11.1 Å². The van der Waals surface area contributed by atoms with Gasteiger partial charge < -0.3 is 25.3 Å². The molecule has 0 aliphatic rings. The molecule has 10 heteroatoms. The Kier molecular flexibility index (Phi) is 37.0. The molecule has 0 aromatic heterocycles. The molecule has 0 fully saturated rings. The standard InChI is InChI=1S/C58H94N2O8/c1-3-5-7-9-11-13-15-17-19-21-23-25-33-40-51(68-57(64)43-34-26-24-22-20-18-16-14-12-10-8-6-4-2)46-54(61)52(59)41-35-42-55(62)60-53(58(65)67-48-50-38-31-28-32-39-50)44-45-56(63)66-47-49-36-29-27-30-37-49/h27-32,36-39,51-53H,3-26,33-35,40-48,59H2,1-2H3,(H,60,62)/t51?,52?,53-/m1/s1. The topological polar surface area (TPSA) is 151 Å². The molecule has 10 nitrogen and oxygen atoms in total. The summed E-state index contributed by atoms with van der Waals surface area (Å²) in [6, 6.07) is 16.6. The van der Waals surface area contributed by atoms with E-state index in [1.807, 2.05) is 60.7 Å². The van der Waals surface area contributed by atoms with Crippen molar-refractivity contribution in [1.29, 1.82) is 0 Å². The van der Waals surface area contributed by atoms with Crippen LogP contribution in [0.5, 0.6) is 0 Å². The highest BCUT2D eigenvalue weighted by Gasteiger charge is 2.25. The van der Waals surface area contributed by atoms with Gasteiger partial charge in [0, 0.05) is 25.7 Å². The van der Waals surface area contributed by atoms with Crippen LogP contribution >= 0.6 is 0 Å². The Morgan fingerprint density at radius 2 is 0.912 bits per heavy atom. The number of unbranched alkanes of at least 4 members (excludes halogenated alkanes) is 24. The van der Waals surface area contributed by atoms with E-state index in [2.05, 4.69) is 19.2 Å². The molecule has 2 aromatic carbocycles. The number of hydrogen-bond donors (Lipinski definition) is 2. The minimum absolute atomic E-state index is 0.00368. The summed E-state index contributed by atoms with van der Waals surface area (Å²) in [6.07, 6.45) is 33.3. The lowest BCUT2D eigenvalue weighted by molar-refractivity contribution is -0.151. The molecule has 0 radical (unpaired) electrons. The number of carbonyl (C=O) groups excluding carboxylic acids is 5. The second kappa shape index (κ2) is 41.9. The summed E-state index contributed by atoms with van der Waals surface area (Å²) in [5, 5.41) is 2.74. The smallest absolute Gasteiger partial charge is 0.328 e. The van der Waals surface area contributed by atoms with Crippen molar-refractivity contribution in [3.63, 3.8) is 0 Å². The predicted molar refractivity (Wildman–Crippen MR) is 276 cm³/mol. The van der Waals surface area contributed by atoms with Crippen molar-refractivity contribution in [3.05, 3.63) is 71.8 Å². The van der Waals surface area contributed by atoms with Crippen LogP contribution in [0.15, 0.2) is 60.7 Å². The first-order valence-corrected chi connectivity index (χ1v) is 27.4. The highest BCUT2D eigenvalue weighted by Crippen LogP contribution is 2.19. The molecule has 0 saturated carbocycles. The van der Waals surface area contributed by atoms with Crippen LogP contribution in [0.25, 0.3) is 0 Å². The molecular formula is C58H94N2O8. The first-order chi connectivity index (χ1) is 33.2. The number of carbonyl (C=O) groups is 5. The maximum absolute atomic E-state index is 13.5. The van der Waals surface area contributed by atoms with Crippen LogP contribution in [0.3, 0.4) is 0 Å². The summed E-state index contributed by atoms with van der Waals surface area (Å²) < 4.78 is 16.9. The Balaban J connectivity index is 1.82. The predicted octanol–water partition coefficient (Wildman–Crippen LogP) is 14.1. The van der Waals surface area contributed by atoms with Crippen molar-refractivity contribution in [3.8, 4) is 0 Å². The molecule has 2 rings (SSSR count). The minimum Gasteiger partial charge on any atom is -0.462 e. The molecule has 68 heavy (non-hydrogen) atoms. The summed E-state index contributed by atoms with van der Waals surface area (Å²) in [5.41, 5.74) is 8.03. The summed E-state index contributed by atoms with van der Waals surface area (Å²) in [5.74, 6) is -1.98. The summed E-state index contributed by atoms with van der Waals surface area (Å²) in [4.78, 5) is 65.4. The van der Waals surface area contributed by atoms with Crippen LogP contribution in [0.4, 0.5) is 0 Å². The summed E-state index contributed by atoms with van der Waals surface area (Å²) in [7, 11) is 0. The highest BCUT2D eigenvalue weighted by atomic mass is 16.5. The lowest BCUT2D eigenvalue weighted by Gasteiger charge is -2.20. The first kappa shape index (κ1) is 60.1. The number of nitrogens with two attached hydrogens (primary N) is 1. The van der Waals surface area contributed by atoms with Gasteiger partial charge in [0.25, 0.3) is 0 Å². The monoisotopic (exact) mass is 947 g/mol. The molecule has 0 bridgehead atoms. The number of benzene rings is 2. The van der Waals surface area contributed by atoms with Gasteiger partial charge in [-0.2, -0.15) is 0 Å². The number of rotatable bonds is 45. The number of Topliss-reactive ketones (excluding diaryl/α,β-unsaturated/α-hetero) is 1. The number of ketones is 1. The Labute approximate surface area is 412 Å². The second-order valence-corrected chi connectivity index (χ2v) is 19.2. The Bertz CT molecular complexity index is 1570. The van der Waals surface area contributed by atoms with Crippen LogP contribution in [-0.4, -0.2) is 47.8 Å². The average molecular weight is 947 g/mol. The van der Waals surface area contributed by atoms with Crippen LogP contribution in [0, 0.1) is 0 Å². The SMILES string of the molecule is CCCCCCCCCCCCCCCC(=O)OC(CCCCCCCCCCCCCCC)CC(=O)C(N)CCCC(=O)N[C@H](CCC(=O)OCc1ccccc1)C(=O)OCc1ccccc1. The largest absolute Gasteiger partial charge is 0.462 e. The van der Waals surface area contributed by atoms with Crippen molar-refractivity contribution < 1.29 is 38.2 Å². The highest BCUT2D eigenvalue weighted by molar-refractivity contribution is 5.86. The van der Waals surface area contributed by atoms with Gasteiger partial charge in [-0.05, 0) is 49.7 Å². The summed E-state index contributed by atoms with van der Waals surface area (Å²) >= 11 is 0. The third-order valence-electron chi connectivity index (χ3n) is 12.9. The Morgan fingerprint density at radius 3 is 1.40 bits per heavy atom. The van der Waals surface area contributed by atoms with Crippen molar-refractivity contribution in [2.24, 2.45) is 5.73 Å². The molecular weight excluding hydrogens is 853 g/mol. The van der Waals surface area contributed by atoms with Gasteiger partial charge in [0.05, 0.1) is 6.04 Å². The van der Waals surface area contributed by atoms with E-state index in [9.17, 15) is 24.0 Å². The van der Waals surface area contributed by atoms with E-state index < -0.39 is 36.0 Å². The van der Waals surface area contributed by atoms with E-state index in [0.717, 1.165) is 49.7 Å². The van der Waals surface area contributed by atoms with Crippen LogP contribution in [-0.2, 0) is 51.4 Å². The van der Waals surface area contributed by atoms with E-state index in [-0.39, 0.29) is 57.1 Å². The third-order valence-corrected chi connectivity index (χ3v) is 12.9. The van der Waals surface area contributed by atoms with Gasteiger partial charge in [-0.15, -0.1) is 0 Å². The number of ether oxygens (including phenoxy) is 3. The molecule has 3 N–H and O–H groups in total. The van der Waals surface area contributed by atoms with Crippen molar-refractivity contribution in [2.75, 3.05) is 0 Å². The molecule has 2 aromatic rings. The molecule has 2 unspecified atom stereocenters. The van der Waals surface area contributed by atoms with Gasteiger partial charge in [-0.1, -0.05) is 229 Å². The number of nitrogens with one attached hydrogen (secondary N) is 1. The van der Waals surface area contributed by atoms with Gasteiger partial charge >= 0.3 is 17.9 Å². The molecule has 0 aliphatic carbocycles. The fourth-order valence-electron chi connectivity index (χ4n) is 8.56. The van der Waals surface area contributed by atoms with Gasteiger partial charge in [0.2, 0.25) is 5.91 Å². The zero-order chi connectivity index (χ0) is 49.1. The van der Waals surface area contributed by atoms with E-state index in [1.165, 1.54) is 128 Å². The van der Waals surface area contributed by atoms with Crippen molar-refractivity contribution >= 4 is 29.6 Å². The van der Waals surface area contributed by atoms with Gasteiger partial charge in [0.1, 0.15) is 25.4 Å². The number of hydrogen-bond acceptors (Lipinski definition) is 9.